The van der Waals surface area contributed by atoms with Crippen LogP contribution in [0.15, 0.2) is 60.7 Å². The zero-order chi connectivity index (χ0) is 18.8. The Morgan fingerprint density at radius 3 is 1.89 bits per heavy atom. The topological polar surface area (TPSA) is 16.1 Å². The maximum Gasteiger partial charge on any atom is 0.0454 e. The molecule has 0 saturated carbocycles. The Balaban J connectivity index is 1.53. The summed E-state index contributed by atoms with van der Waals surface area (Å²) < 4.78 is 0. The number of nitrogens with zero attached hydrogens (tertiary/aromatic N) is 2. The van der Waals surface area contributed by atoms with Crippen LogP contribution in [0.3, 0.4) is 0 Å². The number of rotatable bonds is 4. The summed E-state index contributed by atoms with van der Waals surface area (Å²) in [5.41, 5.74) is 8.54. The van der Waals surface area contributed by atoms with Crippen LogP contribution < -0.4 is 0 Å². The molecule has 3 aromatic rings. The van der Waals surface area contributed by atoms with Crippen LogP contribution >= 0.6 is 0 Å². The molecule has 0 amide bonds. The van der Waals surface area contributed by atoms with Gasteiger partial charge in [0.15, 0.2) is 0 Å². The van der Waals surface area contributed by atoms with Gasteiger partial charge in [-0.15, -0.1) is 0 Å². The largest absolute Gasteiger partial charge is 0.297 e. The second kappa shape index (κ2) is 7.66. The first-order valence-electron chi connectivity index (χ1n) is 10.0. The van der Waals surface area contributed by atoms with Crippen molar-refractivity contribution in [1.82, 2.24) is 9.88 Å². The monoisotopic (exact) mass is 356 g/mol. The second-order valence-corrected chi connectivity index (χ2v) is 7.70. The van der Waals surface area contributed by atoms with Gasteiger partial charge in [0.2, 0.25) is 0 Å². The Morgan fingerprint density at radius 1 is 0.741 bits per heavy atom. The predicted octanol–water partition coefficient (Wildman–Crippen LogP) is 6.19. The zero-order valence-corrected chi connectivity index (χ0v) is 16.6. The van der Waals surface area contributed by atoms with Crippen molar-refractivity contribution in [2.24, 2.45) is 0 Å². The van der Waals surface area contributed by atoms with Gasteiger partial charge < -0.3 is 0 Å². The van der Waals surface area contributed by atoms with Crippen molar-refractivity contribution in [1.29, 1.82) is 0 Å². The molecule has 2 heterocycles. The number of hydrogen-bond donors (Lipinski definition) is 0. The number of aryl methyl sites for hydroxylation is 2. The molecule has 138 valence electrons. The normalized spacial score (nSPS) is 15.8. The Hall–Kier alpha value is -2.45. The first-order valence-corrected chi connectivity index (χ1v) is 10.0. The molecule has 1 aliphatic heterocycles. The van der Waals surface area contributed by atoms with Crippen LogP contribution in [0.1, 0.15) is 42.8 Å². The van der Waals surface area contributed by atoms with E-state index in [1.54, 1.807) is 0 Å². The second-order valence-electron chi connectivity index (χ2n) is 7.70. The van der Waals surface area contributed by atoms with E-state index in [1.807, 2.05) is 6.92 Å². The van der Waals surface area contributed by atoms with E-state index in [1.165, 1.54) is 53.7 Å². The average Bonchev–Trinajstić information content (AvgIpc) is 3.23. The van der Waals surface area contributed by atoms with Crippen LogP contribution in [0.5, 0.6) is 0 Å². The lowest BCUT2D eigenvalue weighted by Gasteiger charge is -2.24. The van der Waals surface area contributed by atoms with Crippen molar-refractivity contribution in [2.45, 2.75) is 39.7 Å². The summed E-state index contributed by atoms with van der Waals surface area (Å²) in [5, 5.41) is 0. The van der Waals surface area contributed by atoms with Gasteiger partial charge in [-0.05, 0) is 75.0 Å². The number of hydrogen-bond acceptors (Lipinski definition) is 2. The van der Waals surface area contributed by atoms with Crippen molar-refractivity contribution in [2.75, 3.05) is 13.1 Å². The molecule has 2 nitrogen and oxygen atoms in total. The van der Waals surface area contributed by atoms with Crippen LogP contribution in [0.4, 0.5) is 0 Å². The highest BCUT2D eigenvalue weighted by molar-refractivity contribution is 5.71. The Labute approximate surface area is 162 Å². The molecule has 1 fully saturated rings. The van der Waals surface area contributed by atoms with Crippen LogP contribution in [-0.2, 0) is 0 Å². The molecule has 27 heavy (non-hydrogen) atoms. The van der Waals surface area contributed by atoms with Crippen LogP contribution in [0, 0.1) is 13.8 Å². The Morgan fingerprint density at radius 2 is 1.30 bits per heavy atom. The fourth-order valence-corrected chi connectivity index (χ4v) is 4.13. The van der Waals surface area contributed by atoms with Crippen LogP contribution in [-0.4, -0.2) is 23.0 Å². The quantitative estimate of drug-likeness (QED) is 0.554. The van der Waals surface area contributed by atoms with Gasteiger partial charge in [0.25, 0.3) is 0 Å². The van der Waals surface area contributed by atoms with E-state index in [2.05, 4.69) is 84.4 Å². The number of aromatic nitrogens is 1. The van der Waals surface area contributed by atoms with Gasteiger partial charge in [0, 0.05) is 23.0 Å². The summed E-state index contributed by atoms with van der Waals surface area (Å²) in [6.07, 6.45) is 2.68. The summed E-state index contributed by atoms with van der Waals surface area (Å²) >= 11 is 0. The van der Waals surface area contributed by atoms with Crippen LogP contribution in [0.2, 0.25) is 0 Å². The first-order chi connectivity index (χ1) is 13.1. The SMILES string of the molecule is Cc1ccc(-c2ccc(-c3ccc(C(C)N4CCCC4)cc3)cc2)c(C)n1. The van der Waals surface area contributed by atoms with Gasteiger partial charge in [-0.25, -0.2) is 0 Å². The van der Waals surface area contributed by atoms with E-state index < -0.39 is 0 Å². The molecular formula is C25H28N2. The molecular weight excluding hydrogens is 328 g/mol. The lowest BCUT2D eigenvalue weighted by molar-refractivity contribution is 0.263. The summed E-state index contributed by atoms with van der Waals surface area (Å²) in [6.45, 7) is 8.91. The molecule has 1 aliphatic rings. The molecule has 1 saturated heterocycles. The third-order valence-corrected chi connectivity index (χ3v) is 5.84. The molecule has 4 rings (SSSR count). The molecule has 0 radical (unpaired) electrons. The smallest absolute Gasteiger partial charge is 0.0454 e. The van der Waals surface area contributed by atoms with Crippen molar-refractivity contribution in [3.05, 3.63) is 77.6 Å². The molecule has 2 aromatic carbocycles. The maximum absolute atomic E-state index is 4.59. The first kappa shape index (κ1) is 17.9. The third-order valence-electron chi connectivity index (χ3n) is 5.84. The molecule has 1 aromatic heterocycles. The van der Waals surface area contributed by atoms with Gasteiger partial charge in [0.05, 0.1) is 0 Å². The molecule has 0 N–H and O–H groups in total. The number of likely N-dealkylation sites (tertiary alicyclic amines) is 1. The minimum atomic E-state index is 0.515. The Kier molecular flexibility index (Phi) is 5.09. The molecule has 2 heteroatoms. The summed E-state index contributed by atoms with van der Waals surface area (Å²) in [7, 11) is 0. The Bertz CT molecular complexity index is 904. The lowest BCUT2D eigenvalue weighted by Crippen LogP contribution is -2.23. The van der Waals surface area contributed by atoms with Gasteiger partial charge in [-0.1, -0.05) is 54.6 Å². The number of pyridine rings is 1. The van der Waals surface area contributed by atoms with Gasteiger partial charge in [-0.2, -0.15) is 0 Å². The van der Waals surface area contributed by atoms with Gasteiger partial charge >= 0.3 is 0 Å². The van der Waals surface area contributed by atoms with Crippen molar-refractivity contribution in [3.63, 3.8) is 0 Å². The van der Waals surface area contributed by atoms with Crippen molar-refractivity contribution >= 4 is 0 Å². The van der Waals surface area contributed by atoms with E-state index in [9.17, 15) is 0 Å². The van der Waals surface area contributed by atoms with E-state index in [0.29, 0.717) is 6.04 Å². The van der Waals surface area contributed by atoms with Crippen molar-refractivity contribution in [3.8, 4) is 22.3 Å². The summed E-state index contributed by atoms with van der Waals surface area (Å²) in [6, 6.07) is 22.7. The van der Waals surface area contributed by atoms with Crippen LogP contribution in [0.25, 0.3) is 22.3 Å². The highest BCUT2D eigenvalue weighted by atomic mass is 15.2. The summed E-state index contributed by atoms with van der Waals surface area (Å²) in [5.74, 6) is 0. The fraction of sp³-hybridized carbons (Fsp3) is 0.320. The highest BCUT2D eigenvalue weighted by Crippen LogP contribution is 2.29. The zero-order valence-electron chi connectivity index (χ0n) is 16.6. The molecule has 1 atom stereocenters. The fourth-order valence-electron chi connectivity index (χ4n) is 4.13. The standard InChI is InChI=1S/C25H28N2/c1-18-6-15-25(19(2)26-18)24-13-11-23(12-14-24)22-9-7-21(8-10-22)20(3)27-16-4-5-17-27/h6-15,20H,4-5,16-17H2,1-3H3. The minimum Gasteiger partial charge on any atom is -0.297 e. The van der Waals surface area contributed by atoms with E-state index in [-0.39, 0.29) is 0 Å². The molecule has 1 unspecified atom stereocenters. The molecule has 0 bridgehead atoms. The minimum absolute atomic E-state index is 0.515. The maximum atomic E-state index is 4.59. The van der Waals surface area contributed by atoms with Crippen molar-refractivity contribution < 1.29 is 0 Å². The van der Waals surface area contributed by atoms with Gasteiger partial charge in [-0.3, -0.25) is 9.88 Å². The predicted molar refractivity (Wildman–Crippen MR) is 114 cm³/mol. The molecule has 0 spiro atoms. The third kappa shape index (κ3) is 3.81. The summed E-state index contributed by atoms with van der Waals surface area (Å²) in [4.78, 5) is 7.17. The molecule has 0 aliphatic carbocycles. The van der Waals surface area contributed by atoms with E-state index in [4.69, 9.17) is 0 Å². The van der Waals surface area contributed by atoms with E-state index >= 15 is 0 Å². The van der Waals surface area contributed by atoms with E-state index in [0.717, 1.165) is 11.4 Å². The average molecular weight is 357 g/mol. The highest BCUT2D eigenvalue weighted by Gasteiger charge is 2.19. The lowest BCUT2D eigenvalue weighted by atomic mass is 9.98. The van der Waals surface area contributed by atoms with Gasteiger partial charge in [0.1, 0.15) is 0 Å². The number of benzene rings is 2.